The maximum Gasteiger partial charge on any atom is 0.326 e. The van der Waals surface area contributed by atoms with Crippen molar-refractivity contribution in [2.24, 2.45) is 11.8 Å². The lowest BCUT2D eigenvalue weighted by molar-refractivity contribution is -0.163. The summed E-state index contributed by atoms with van der Waals surface area (Å²) >= 11 is 0. The molecule has 4 atom stereocenters. The number of rotatable bonds is 14. The van der Waals surface area contributed by atoms with Crippen LogP contribution in [0.25, 0.3) is 0 Å². The molecule has 1 saturated heterocycles. The van der Waals surface area contributed by atoms with Gasteiger partial charge in [0.25, 0.3) is 0 Å². The predicted octanol–water partition coefficient (Wildman–Crippen LogP) is 5.88. The molecule has 1 heterocycles. The van der Waals surface area contributed by atoms with Gasteiger partial charge in [0, 0.05) is 25.5 Å². The number of aliphatic carboxylic acids is 1. The highest BCUT2D eigenvalue weighted by Crippen LogP contribution is 2.50. The SMILES string of the molecule is CCC(=O)O[C@H](CC)OP(=O)(CCCCc1ccccc1)CC(=O)N1C[C@H](C2CCCCC2)C[C@@H]1C(=O)O. The van der Waals surface area contributed by atoms with Crippen molar-refractivity contribution in [3.8, 4) is 0 Å². The highest BCUT2D eigenvalue weighted by Gasteiger charge is 2.44. The molecule has 8 nitrogen and oxygen atoms in total. The summed E-state index contributed by atoms with van der Waals surface area (Å²) in [5.41, 5.74) is 1.18. The Morgan fingerprint density at radius 3 is 2.39 bits per heavy atom. The second-order valence-corrected chi connectivity index (χ2v) is 13.3. The van der Waals surface area contributed by atoms with Gasteiger partial charge in [-0.15, -0.1) is 0 Å². The van der Waals surface area contributed by atoms with Crippen LogP contribution in [0.3, 0.4) is 0 Å². The number of carboxylic acid groups (broad SMARTS) is 1. The van der Waals surface area contributed by atoms with Crippen molar-refractivity contribution in [2.45, 2.75) is 96.8 Å². The summed E-state index contributed by atoms with van der Waals surface area (Å²) in [5, 5.41) is 9.89. The Balaban J connectivity index is 1.69. The number of hydrogen-bond donors (Lipinski definition) is 1. The lowest BCUT2D eigenvalue weighted by Crippen LogP contribution is -2.42. The average Bonchev–Trinajstić information content (AvgIpc) is 3.38. The third-order valence-electron chi connectivity index (χ3n) is 7.88. The van der Waals surface area contributed by atoms with Crippen LogP contribution in [-0.2, 0) is 34.6 Å². The van der Waals surface area contributed by atoms with E-state index >= 15 is 0 Å². The molecular weight excluding hydrogens is 505 g/mol. The first kappa shape index (κ1) is 30.4. The highest BCUT2D eigenvalue weighted by atomic mass is 31.2. The van der Waals surface area contributed by atoms with Gasteiger partial charge in [0.05, 0.1) is 0 Å². The Labute approximate surface area is 226 Å². The van der Waals surface area contributed by atoms with Crippen LogP contribution in [0.2, 0.25) is 0 Å². The van der Waals surface area contributed by atoms with E-state index in [1.165, 1.54) is 16.9 Å². The molecule has 38 heavy (non-hydrogen) atoms. The Morgan fingerprint density at radius 1 is 1.05 bits per heavy atom. The fourth-order valence-corrected chi connectivity index (χ4v) is 8.00. The molecule has 0 radical (unpaired) electrons. The third kappa shape index (κ3) is 8.94. The number of amides is 1. The maximum atomic E-state index is 14.1. The normalized spacial score (nSPS) is 22.5. The van der Waals surface area contributed by atoms with Crippen LogP contribution >= 0.6 is 7.37 Å². The molecule has 0 aromatic heterocycles. The highest BCUT2D eigenvalue weighted by molar-refractivity contribution is 7.59. The van der Waals surface area contributed by atoms with Gasteiger partial charge >= 0.3 is 11.9 Å². The second-order valence-electron chi connectivity index (χ2n) is 10.7. The molecule has 0 bridgehead atoms. The number of hydrogen-bond acceptors (Lipinski definition) is 6. The van der Waals surface area contributed by atoms with Crippen molar-refractivity contribution in [3.63, 3.8) is 0 Å². The van der Waals surface area contributed by atoms with Gasteiger partial charge in [-0.3, -0.25) is 18.7 Å². The van der Waals surface area contributed by atoms with Crippen molar-refractivity contribution in [3.05, 3.63) is 35.9 Å². The van der Waals surface area contributed by atoms with E-state index in [1.807, 2.05) is 30.3 Å². The lowest BCUT2D eigenvalue weighted by atomic mass is 9.79. The van der Waals surface area contributed by atoms with E-state index in [1.54, 1.807) is 13.8 Å². The van der Waals surface area contributed by atoms with Gasteiger partial charge in [-0.25, -0.2) is 4.79 Å². The van der Waals surface area contributed by atoms with Crippen molar-refractivity contribution in [1.29, 1.82) is 0 Å². The van der Waals surface area contributed by atoms with E-state index < -0.39 is 37.5 Å². The van der Waals surface area contributed by atoms with Gasteiger partial charge in [-0.05, 0) is 43.1 Å². The molecule has 1 saturated carbocycles. The second kappa shape index (κ2) is 14.8. The van der Waals surface area contributed by atoms with Gasteiger partial charge in [-0.1, -0.05) is 76.3 Å². The molecule has 1 amide bonds. The number of benzene rings is 1. The number of nitrogens with zero attached hydrogens (tertiary/aromatic N) is 1. The third-order valence-corrected chi connectivity index (χ3v) is 10.3. The van der Waals surface area contributed by atoms with Crippen LogP contribution < -0.4 is 0 Å². The minimum atomic E-state index is -3.56. The standard InChI is InChI=1S/C29H44NO7P/c1-3-27(32)36-28(4-2)37-38(35,18-12-11-15-22-13-7-5-8-14-22)21-26(31)30-20-24(19-25(30)29(33)34)23-16-9-6-10-17-23/h5,7-8,13-14,23-25,28H,3-4,6,9-12,15-21H2,1-2H3,(H,33,34)/t24-,25-,28+,38?/m1/s1. The fraction of sp³-hybridized carbons (Fsp3) is 0.690. The number of ether oxygens (including phenoxy) is 1. The van der Waals surface area contributed by atoms with Crippen LogP contribution in [0.1, 0.15) is 83.6 Å². The van der Waals surface area contributed by atoms with Gasteiger partial charge in [0.2, 0.25) is 19.6 Å². The van der Waals surface area contributed by atoms with Crippen molar-refractivity contribution < 1.29 is 33.3 Å². The van der Waals surface area contributed by atoms with Crippen molar-refractivity contribution >= 4 is 25.2 Å². The molecule has 9 heteroatoms. The van der Waals surface area contributed by atoms with E-state index in [0.29, 0.717) is 31.7 Å². The zero-order valence-electron chi connectivity index (χ0n) is 22.9. The molecule has 1 N–H and O–H groups in total. The first-order valence-corrected chi connectivity index (χ1v) is 16.3. The average molecular weight is 550 g/mol. The van der Waals surface area contributed by atoms with Crippen LogP contribution in [0.15, 0.2) is 30.3 Å². The Hall–Kier alpha value is -2.18. The van der Waals surface area contributed by atoms with Crippen LogP contribution in [0, 0.1) is 11.8 Å². The first-order valence-electron chi connectivity index (χ1n) is 14.3. The molecule has 212 valence electrons. The van der Waals surface area contributed by atoms with E-state index in [2.05, 4.69) is 0 Å². The molecule has 2 aliphatic rings. The topological polar surface area (TPSA) is 110 Å². The first-order chi connectivity index (χ1) is 18.2. The van der Waals surface area contributed by atoms with Gasteiger partial charge in [0.1, 0.15) is 12.2 Å². The molecule has 0 spiro atoms. The van der Waals surface area contributed by atoms with Crippen LogP contribution in [0.4, 0.5) is 0 Å². The smallest absolute Gasteiger partial charge is 0.326 e. The summed E-state index contributed by atoms with van der Waals surface area (Å²) in [5.74, 6) is -1.33. The Bertz CT molecular complexity index is 963. The summed E-state index contributed by atoms with van der Waals surface area (Å²) in [6.07, 6.45) is 7.51. The molecule has 3 rings (SSSR count). The Kier molecular flexibility index (Phi) is 11.9. The quantitative estimate of drug-likeness (QED) is 0.134. The number of esters is 1. The summed E-state index contributed by atoms with van der Waals surface area (Å²) in [7, 11) is -3.56. The lowest BCUT2D eigenvalue weighted by Gasteiger charge is -2.28. The number of carbonyl (C=O) groups excluding carboxylic acids is 2. The summed E-state index contributed by atoms with van der Waals surface area (Å²) < 4.78 is 25.3. The number of likely N-dealkylation sites (tertiary alicyclic amines) is 1. The zero-order chi connectivity index (χ0) is 27.5. The fourth-order valence-electron chi connectivity index (χ4n) is 5.74. The number of unbranched alkanes of at least 4 members (excludes halogenated alkanes) is 1. The molecule has 1 unspecified atom stereocenters. The van der Waals surface area contributed by atoms with Gasteiger partial charge in [0.15, 0.2) is 0 Å². The van der Waals surface area contributed by atoms with E-state index in [4.69, 9.17) is 9.26 Å². The van der Waals surface area contributed by atoms with Crippen LogP contribution in [0.5, 0.6) is 0 Å². The van der Waals surface area contributed by atoms with Crippen molar-refractivity contribution in [2.75, 3.05) is 18.9 Å². The minimum Gasteiger partial charge on any atom is -0.480 e. The van der Waals surface area contributed by atoms with E-state index in [0.717, 1.165) is 38.5 Å². The minimum absolute atomic E-state index is 0.153. The predicted molar refractivity (Wildman–Crippen MR) is 146 cm³/mol. The molecule has 1 aromatic rings. The molecule has 1 aromatic carbocycles. The molecule has 2 fully saturated rings. The van der Waals surface area contributed by atoms with Gasteiger partial charge < -0.3 is 14.7 Å². The zero-order valence-corrected chi connectivity index (χ0v) is 23.8. The van der Waals surface area contributed by atoms with E-state index in [-0.39, 0.29) is 24.7 Å². The summed E-state index contributed by atoms with van der Waals surface area (Å²) in [6.45, 7) is 3.82. The monoisotopic (exact) mass is 549 g/mol. The summed E-state index contributed by atoms with van der Waals surface area (Å²) in [4.78, 5) is 38.9. The molecular formula is C29H44NO7P. The maximum absolute atomic E-state index is 14.1. The Morgan fingerprint density at radius 2 is 1.76 bits per heavy atom. The number of aryl methyl sites for hydroxylation is 1. The van der Waals surface area contributed by atoms with Gasteiger partial charge in [-0.2, -0.15) is 0 Å². The van der Waals surface area contributed by atoms with Crippen LogP contribution in [-0.4, -0.2) is 59.1 Å². The van der Waals surface area contributed by atoms with E-state index in [9.17, 15) is 24.1 Å². The number of carboxylic acids is 1. The molecule has 1 aliphatic carbocycles. The number of carbonyl (C=O) groups is 3. The summed E-state index contributed by atoms with van der Waals surface area (Å²) in [6, 6.07) is 9.09. The largest absolute Gasteiger partial charge is 0.480 e. The van der Waals surface area contributed by atoms with Crippen molar-refractivity contribution in [1.82, 2.24) is 4.90 Å². The molecule has 1 aliphatic heterocycles.